The highest BCUT2D eigenvalue weighted by Crippen LogP contribution is 2.37. The number of fused-ring (bicyclic) bond motifs is 1. The third kappa shape index (κ3) is 10.1. The molecule has 41 heavy (non-hydrogen) atoms. The number of nitrogens with zero attached hydrogens (tertiary/aromatic N) is 1. The predicted octanol–water partition coefficient (Wildman–Crippen LogP) is 6.56. The number of nitro groups is 1. The summed E-state index contributed by atoms with van der Waals surface area (Å²) in [6.45, 7) is 1.18. The Labute approximate surface area is 246 Å². The summed E-state index contributed by atoms with van der Waals surface area (Å²) in [5.41, 5.74) is 4.88. The third-order valence-electron chi connectivity index (χ3n) is 8.09. The summed E-state index contributed by atoms with van der Waals surface area (Å²) in [6, 6.07) is 24.0. The topological polar surface area (TPSA) is 122 Å². The Morgan fingerprint density at radius 1 is 0.951 bits per heavy atom. The number of phenolic OH excluding ortho intramolecular Hbond substituents is 1. The van der Waals surface area contributed by atoms with Gasteiger partial charge in [-0.1, -0.05) is 67.8 Å². The van der Waals surface area contributed by atoms with Crippen LogP contribution in [0.5, 0.6) is 5.75 Å². The van der Waals surface area contributed by atoms with Crippen molar-refractivity contribution in [2.24, 2.45) is 5.92 Å². The van der Waals surface area contributed by atoms with Gasteiger partial charge in [0.15, 0.2) is 0 Å². The van der Waals surface area contributed by atoms with Crippen molar-refractivity contribution in [1.29, 1.82) is 0 Å². The fourth-order valence-electron chi connectivity index (χ4n) is 6.02. The van der Waals surface area contributed by atoms with Gasteiger partial charge in [0.2, 0.25) is 0 Å². The Morgan fingerprint density at radius 2 is 1.63 bits per heavy atom. The number of nitrogens with one attached hydrogen (secondary N) is 2. The molecule has 0 heterocycles. The second-order valence-electron chi connectivity index (χ2n) is 10.7. The minimum Gasteiger partial charge on any atom is -0.508 e. The molecule has 8 nitrogen and oxygen atoms in total. The smallest absolute Gasteiger partial charge is 0.335 e. The summed E-state index contributed by atoms with van der Waals surface area (Å²) in [5.74, 6) is 1.82. The van der Waals surface area contributed by atoms with Crippen molar-refractivity contribution < 1.29 is 18.4 Å². The zero-order chi connectivity index (χ0) is 29.5. The molecule has 1 saturated carbocycles. The van der Waals surface area contributed by atoms with E-state index in [0.29, 0.717) is 23.4 Å². The van der Waals surface area contributed by atoms with E-state index in [1.807, 2.05) is 12.1 Å². The van der Waals surface area contributed by atoms with Crippen LogP contribution in [0.1, 0.15) is 67.6 Å². The van der Waals surface area contributed by atoms with E-state index in [0.717, 1.165) is 18.8 Å². The lowest BCUT2D eigenvalue weighted by Crippen LogP contribution is -2.41. The van der Waals surface area contributed by atoms with Crippen molar-refractivity contribution in [3.63, 3.8) is 0 Å². The molecule has 0 aromatic heterocycles. The van der Waals surface area contributed by atoms with Crippen LogP contribution in [0.25, 0.3) is 0 Å². The largest absolute Gasteiger partial charge is 0.508 e. The molecule has 2 aliphatic carbocycles. The summed E-state index contributed by atoms with van der Waals surface area (Å²) in [5, 5.41) is 27.0. The number of hydrogen-bond acceptors (Lipinski definition) is 7. The van der Waals surface area contributed by atoms with Gasteiger partial charge in [-0.15, -0.1) is 0 Å². The molecule has 0 bridgehead atoms. The lowest BCUT2D eigenvalue weighted by molar-refractivity contribution is -0.383. The van der Waals surface area contributed by atoms with E-state index in [9.17, 15) is 15.2 Å². The van der Waals surface area contributed by atoms with Crippen molar-refractivity contribution in [2.75, 3.05) is 18.9 Å². The van der Waals surface area contributed by atoms with E-state index < -0.39 is 16.5 Å². The summed E-state index contributed by atoms with van der Waals surface area (Å²) in [7, 11) is 1.66. The molecule has 0 aliphatic heterocycles. The molecule has 3 aromatic carbocycles. The predicted molar refractivity (Wildman–Crippen MR) is 164 cm³/mol. The second-order valence-corrected chi connectivity index (χ2v) is 10.8. The summed E-state index contributed by atoms with van der Waals surface area (Å²) >= 11 is -0.750. The molecule has 3 N–H and O–H groups in total. The molecule has 0 saturated heterocycles. The van der Waals surface area contributed by atoms with Gasteiger partial charge in [0.05, 0.1) is 4.92 Å². The molecule has 9 heteroatoms. The standard InChI is InChI=1S/C25H33NO.C7H8N2O2.O2S/c27-22-13-15-23-21(17-22)12-16-25(26-18-20-9-5-2-6-10-20)24(23)14-11-19-7-3-1-4-8-19;1-8-6-4-2-3-5-7(6)9(10)11;1-3-2/h1,3-4,7-8,13,15,17,20,24-27H,2,5-6,9-12,14,16,18H2;2-5,8H,1H3;. The van der Waals surface area contributed by atoms with Crippen molar-refractivity contribution in [3.8, 4) is 5.75 Å². The molecule has 2 unspecified atom stereocenters. The zero-order valence-electron chi connectivity index (χ0n) is 23.7. The number of aromatic hydroxyl groups is 1. The third-order valence-corrected chi connectivity index (χ3v) is 8.09. The Bertz CT molecular complexity index is 1260. The van der Waals surface area contributed by atoms with Gasteiger partial charge in [-0.2, -0.15) is 8.42 Å². The molecule has 5 rings (SSSR count). The van der Waals surface area contributed by atoms with Gasteiger partial charge in [-0.3, -0.25) is 10.1 Å². The first-order valence-electron chi connectivity index (χ1n) is 14.4. The molecule has 1 fully saturated rings. The fourth-order valence-corrected chi connectivity index (χ4v) is 6.02. The summed E-state index contributed by atoms with van der Waals surface area (Å²) in [4.78, 5) is 9.94. The average molecular weight is 580 g/mol. The minimum absolute atomic E-state index is 0.106. The van der Waals surface area contributed by atoms with E-state index in [1.54, 1.807) is 25.2 Å². The number of aryl methyl sites for hydroxylation is 2. The second kappa shape index (κ2) is 17.3. The van der Waals surface area contributed by atoms with Gasteiger partial charge < -0.3 is 15.7 Å². The van der Waals surface area contributed by atoms with Crippen molar-refractivity contribution >= 4 is 22.9 Å². The van der Waals surface area contributed by atoms with Crippen molar-refractivity contribution in [2.45, 2.75) is 69.7 Å². The molecular weight excluding hydrogens is 538 g/mol. The molecule has 2 atom stereocenters. The van der Waals surface area contributed by atoms with Crippen LogP contribution in [0.15, 0.2) is 72.8 Å². The molecule has 3 aromatic rings. The molecule has 2 aliphatic rings. The highest BCUT2D eigenvalue weighted by atomic mass is 32.1. The number of nitro benzene ring substituents is 1. The maximum Gasteiger partial charge on any atom is 0.335 e. The molecule has 0 radical (unpaired) electrons. The van der Waals surface area contributed by atoms with Crippen LogP contribution in [0, 0.1) is 16.0 Å². The summed E-state index contributed by atoms with van der Waals surface area (Å²) < 4.78 is 16.6. The number of hydrogen-bond donors (Lipinski definition) is 3. The van der Waals surface area contributed by atoms with Crippen LogP contribution >= 0.6 is 0 Å². The Morgan fingerprint density at radius 3 is 2.29 bits per heavy atom. The SMILES string of the molecule is CNc1ccccc1[N+](=O)[O-].O=S=O.Oc1ccc2c(c1)CCC(NCC1CCCCC1)C2CCc1ccccc1. The number of phenols is 1. The average Bonchev–Trinajstić information content (AvgIpc) is 3.00. The Hall–Kier alpha value is -3.56. The lowest BCUT2D eigenvalue weighted by atomic mass is 9.76. The highest BCUT2D eigenvalue weighted by molar-refractivity contribution is 7.51. The minimum atomic E-state index is -0.750. The lowest BCUT2D eigenvalue weighted by Gasteiger charge is -2.36. The van der Waals surface area contributed by atoms with Crippen LogP contribution < -0.4 is 10.6 Å². The van der Waals surface area contributed by atoms with E-state index in [1.165, 1.54) is 74.2 Å². The normalized spacial score (nSPS) is 18.0. The fraction of sp³-hybridized carbons (Fsp3) is 0.438. The van der Waals surface area contributed by atoms with Gasteiger partial charge in [0, 0.05) is 19.2 Å². The van der Waals surface area contributed by atoms with Crippen LogP contribution in [0.2, 0.25) is 0 Å². The van der Waals surface area contributed by atoms with Crippen LogP contribution in [0.3, 0.4) is 0 Å². The molecule has 220 valence electrons. The molecule has 0 amide bonds. The highest BCUT2D eigenvalue weighted by Gasteiger charge is 2.30. The Balaban J connectivity index is 0.000000275. The molecular formula is C32H41N3O5S. The van der Waals surface area contributed by atoms with E-state index >= 15 is 0 Å². The van der Waals surface area contributed by atoms with Crippen LogP contribution in [0.4, 0.5) is 11.4 Å². The van der Waals surface area contributed by atoms with Crippen LogP contribution in [-0.2, 0) is 24.4 Å². The first-order valence-corrected chi connectivity index (χ1v) is 15.1. The van der Waals surface area contributed by atoms with Gasteiger partial charge >= 0.3 is 11.6 Å². The number of rotatable bonds is 8. The van der Waals surface area contributed by atoms with E-state index in [2.05, 4.69) is 47.0 Å². The van der Waals surface area contributed by atoms with Gasteiger partial charge in [0.1, 0.15) is 11.4 Å². The zero-order valence-corrected chi connectivity index (χ0v) is 24.5. The van der Waals surface area contributed by atoms with Gasteiger partial charge in [-0.25, -0.2) is 0 Å². The number of benzene rings is 3. The summed E-state index contributed by atoms with van der Waals surface area (Å²) in [6.07, 6.45) is 11.6. The Kier molecular flexibility index (Phi) is 13.5. The number of anilines is 1. The van der Waals surface area contributed by atoms with Crippen LogP contribution in [-0.4, -0.2) is 38.1 Å². The van der Waals surface area contributed by atoms with E-state index in [-0.39, 0.29) is 5.69 Å². The van der Waals surface area contributed by atoms with E-state index in [4.69, 9.17) is 8.42 Å². The maximum atomic E-state index is 10.3. The van der Waals surface area contributed by atoms with Crippen molar-refractivity contribution in [1.82, 2.24) is 5.32 Å². The number of para-hydroxylation sites is 2. The monoisotopic (exact) mass is 579 g/mol. The first kappa shape index (κ1) is 32.0. The first-order chi connectivity index (χ1) is 20.0. The quantitative estimate of drug-likeness (QED) is 0.204. The van der Waals surface area contributed by atoms with Gasteiger partial charge in [-0.05, 0) is 91.8 Å². The van der Waals surface area contributed by atoms with Gasteiger partial charge in [0.25, 0.3) is 5.69 Å². The van der Waals surface area contributed by atoms with Crippen molar-refractivity contribution in [3.05, 3.63) is 99.6 Å². The molecule has 0 spiro atoms. The maximum absolute atomic E-state index is 10.3.